The zero-order chi connectivity index (χ0) is 21.7. The number of aromatic amines is 1. The number of nitrogens with two attached hydrogens (primary N) is 1. The van der Waals surface area contributed by atoms with Crippen LogP contribution in [0.25, 0.3) is 0 Å². The van der Waals surface area contributed by atoms with Gasteiger partial charge in [0.2, 0.25) is 5.56 Å². The van der Waals surface area contributed by atoms with E-state index in [1.54, 1.807) is 20.8 Å². The van der Waals surface area contributed by atoms with Crippen LogP contribution in [0.4, 0.5) is 10.1 Å². The van der Waals surface area contributed by atoms with Gasteiger partial charge in [-0.25, -0.2) is 4.39 Å². The topological polar surface area (TPSA) is 97.2 Å². The first kappa shape index (κ1) is 22.5. The third kappa shape index (κ3) is 5.85. The number of ether oxygens (including phenoxy) is 1. The van der Waals surface area contributed by atoms with Gasteiger partial charge in [0.15, 0.2) is 0 Å². The van der Waals surface area contributed by atoms with Crippen molar-refractivity contribution < 1.29 is 13.9 Å². The molecule has 1 unspecified atom stereocenters. The summed E-state index contributed by atoms with van der Waals surface area (Å²) in [4.78, 5) is 25.8. The highest BCUT2D eigenvalue weighted by Gasteiger charge is 2.20. The molecule has 6 nitrogen and oxygen atoms in total. The quantitative estimate of drug-likeness (QED) is 0.263. The van der Waals surface area contributed by atoms with Gasteiger partial charge >= 0.3 is 0 Å². The number of H-pyrrole nitrogens is 1. The summed E-state index contributed by atoms with van der Waals surface area (Å²) >= 11 is 12.2. The number of hydrogen-bond donors (Lipinski definition) is 3. The molecular weight excluding hydrogens is 420 g/mol. The second kappa shape index (κ2) is 9.62. The number of rotatable bonds is 6. The van der Waals surface area contributed by atoms with E-state index >= 15 is 0 Å². The van der Waals surface area contributed by atoms with Gasteiger partial charge in [-0.3, -0.25) is 9.59 Å². The molecule has 0 aliphatic carbocycles. The van der Waals surface area contributed by atoms with Crippen LogP contribution in [-0.4, -0.2) is 10.9 Å². The number of amides is 1. The molecule has 2 rings (SSSR count). The summed E-state index contributed by atoms with van der Waals surface area (Å²) in [5.41, 5.74) is 6.84. The van der Waals surface area contributed by atoms with Gasteiger partial charge in [-0.2, -0.15) is 0 Å². The standard InChI is InChI=1S/C20H20Cl2FN3O3/c1-10(2)16(29-11(3)18-13(21)5-6-14(23)19(18)22)8-15(24)20(28)26-12-4-7-17(27)25-9-12/h4-9,11H,24H2,1-3H3,(H,25,27)(H,26,28)/b15-8-. The predicted molar refractivity (Wildman–Crippen MR) is 112 cm³/mol. The molecule has 1 heterocycles. The van der Waals surface area contributed by atoms with Gasteiger partial charge in [0.05, 0.1) is 10.7 Å². The molecule has 2 aromatic rings. The zero-order valence-electron chi connectivity index (χ0n) is 16.0. The maximum absolute atomic E-state index is 13.8. The summed E-state index contributed by atoms with van der Waals surface area (Å²) < 4.78 is 19.7. The van der Waals surface area contributed by atoms with Gasteiger partial charge in [0.25, 0.3) is 5.91 Å². The average Bonchev–Trinajstić information content (AvgIpc) is 2.66. The number of benzene rings is 1. The van der Waals surface area contributed by atoms with Crippen molar-refractivity contribution in [3.63, 3.8) is 0 Å². The maximum Gasteiger partial charge on any atom is 0.271 e. The molecule has 0 radical (unpaired) electrons. The van der Waals surface area contributed by atoms with Gasteiger partial charge in [0, 0.05) is 28.9 Å². The fourth-order valence-corrected chi connectivity index (χ4v) is 3.04. The lowest BCUT2D eigenvalue weighted by Gasteiger charge is -2.20. The molecule has 1 amide bonds. The molecule has 1 aromatic heterocycles. The first-order chi connectivity index (χ1) is 13.6. The fraction of sp³-hybridized carbons (Fsp3) is 0.200. The Morgan fingerprint density at radius 1 is 1.28 bits per heavy atom. The number of carbonyl (C=O) groups excluding carboxylic acids is 1. The number of allylic oxidation sites excluding steroid dienone is 2. The number of carbonyl (C=O) groups is 1. The molecule has 1 atom stereocenters. The fourth-order valence-electron chi connectivity index (χ4n) is 2.36. The van der Waals surface area contributed by atoms with Crippen LogP contribution in [-0.2, 0) is 9.53 Å². The molecule has 154 valence electrons. The van der Waals surface area contributed by atoms with Crippen molar-refractivity contribution in [1.29, 1.82) is 0 Å². The lowest BCUT2D eigenvalue weighted by Crippen LogP contribution is -2.21. The number of hydrogen-bond acceptors (Lipinski definition) is 4. The SMILES string of the molecule is CC(C)=C(/C=C(\N)C(=O)Nc1ccc(=O)[nH]c1)OC(C)c1c(Cl)ccc(F)c1Cl. The van der Waals surface area contributed by atoms with Crippen LogP contribution >= 0.6 is 23.2 Å². The van der Waals surface area contributed by atoms with Crippen LogP contribution in [0.3, 0.4) is 0 Å². The van der Waals surface area contributed by atoms with Crippen molar-refractivity contribution in [2.75, 3.05) is 5.32 Å². The molecule has 9 heteroatoms. The van der Waals surface area contributed by atoms with Crippen LogP contribution in [0.1, 0.15) is 32.4 Å². The Bertz CT molecular complexity index is 1020. The smallest absolute Gasteiger partial charge is 0.271 e. The van der Waals surface area contributed by atoms with Gasteiger partial charge in [-0.1, -0.05) is 23.2 Å². The molecule has 29 heavy (non-hydrogen) atoms. The van der Waals surface area contributed by atoms with E-state index in [2.05, 4.69) is 10.3 Å². The van der Waals surface area contributed by atoms with Crippen LogP contribution in [0.15, 0.2) is 58.4 Å². The van der Waals surface area contributed by atoms with E-state index in [-0.39, 0.29) is 26.9 Å². The van der Waals surface area contributed by atoms with Crippen LogP contribution in [0, 0.1) is 5.82 Å². The number of pyridine rings is 1. The highest BCUT2D eigenvalue weighted by atomic mass is 35.5. The summed E-state index contributed by atoms with van der Waals surface area (Å²) in [5, 5.41) is 2.67. The molecule has 0 fully saturated rings. The van der Waals surface area contributed by atoms with Gasteiger partial charge in [-0.15, -0.1) is 0 Å². The van der Waals surface area contributed by atoms with Gasteiger partial charge in [0.1, 0.15) is 23.4 Å². The molecule has 1 aromatic carbocycles. The number of aromatic nitrogens is 1. The normalized spacial score (nSPS) is 12.3. The summed E-state index contributed by atoms with van der Waals surface area (Å²) in [6, 6.07) is 5.27. The van der Waals surface area contributed by atoms with Crippen molar-refractivity contribution in [3.05, 3.63) is 85.3 Å². The Morgan fingerprint density at radius 3 is 2.55 bits per heavy atom. The largest absolute Gasteiger partial charge is 0.486 e. The van der Waals surface area contributed by atoms with E-state index in [9.17, 15) is 14.0 Å². The minimum absolute atomic E-state index is 0.129. The Kier molecular flexibility index (Phi) is 7.47. The maximum atomic E-state index is 13.8. The van der Waals surface area contributed by atoms with E-state index in [4.69, 9.17) is 33.7 Å². The average molecular weight is 440 g/mol. The number of halogens is 3. The second-order valence-corrected chi connectivity index (χ2v) is 7.16. The van der Waals surface area contributed by atoms with Crippen molar-refractivity contribution in [2.45, 2.75) is 26.9 Å². The zero-order valence-corrected chi connectivity index (χ0v) is 17.5. The van der Waals surface area contributed by atoms with Crippen molar-refractivity contribution in [3.8, 4) is 0 Å². The van der Waals surface area contributed by atoms with Crippen molar-refractivity contribution >= 4 is 34.8 Å². The summed E-state index contributed by atoms with van der Waals surface area (Å²) in [7, 11) is 0. The molecule has 0 saturated heterocycles. The van der Waals surface area contributed by atoms with E-state index < -0.39 is 17.8 Å². The Balaban J connectivity index is 2.22. The van der Waals surface area contributed by atoms with Gasteiger partial charge < -0.3 is 20.8 Å². The van der Waals surface area contributed by atoms with E-state index in [0.29, 0.717) is 11.4 Å². The monoisotopic (exact) mass is 439 g/mol. The molecule has 0 bridgehead atoms. The minimum Gasteiger partial charge on any atom is -0.486 e. The third-order valence-electron chi connectivity index (χ3n) is 3.87. The minimum atomic E-state index is -0.707. The number of anilines is 1. The lowest BCUT2D eigenvalue weighted by molar-refractivity contribution is -0.112. The molecule has 0 spiro atoms. The Labute approximate surface area is 177 Å². The first-order valence-electron chi connectivity index (χ1n) is 8.55. The summed E-state index contributed by atoms with van der Waals surface area (Å²) in [5.74, 6) is -0.896. The van der Waals surface area contributed by atoms with Crippen LogP contribution < -0.4 is 16.6 Å². The molecule has 0 aliphatic heterocycles. The predicted octanol–water partition coefficient (Wildman–Crippen LogP) is 4.67. The molecule has 0 saturated carbocycles. The van der Waals surface area contributed by atoms with Gasteiger partial charge in [-0.05, 0) is 44.5 Å². The highest BCUT2D eigenvalue weighted by Crippen LogP contribution is 2.35. The third-order valence-corrected chi connectivity index (χ3v) is 4.59. The van der Waals surface area contributed by atoms with Crippen LogP contribution in [0.2, 0.25) is 10.0 Å². The first-order valence-corrected chi connectivity index (χ1v) is 9.30. The molecule has 4 N–H and O–H groups in total. The van der Waals surface area contributed by atoms with Crippen LogP contribution in [0.5, 0.6) is 0 Å². The molecular formula is C20H20Cl2FN3O3. The Hall–Kier alpha value is -2.77. The highest BCUT2D eigenvalue weighted by molar-refractivity contribution is 6.36. The second-order valence-electron chi connectivity index (χ2n) is 6.38. The molecule has 0 aliphatic rings. The van der Waals surface area contributed by atoms with E-state index in [0.717, 1.165) is 5.57 Å². The lowest BCUT2D eigenvalue weighted by atomic mass is 10.1. The summed E-state index contributed by atoms with van der Waals surface area (Å²) in [6.07, 6.45) is 2.00. The van der Waals surface area contributed by atoms with Crippen molar-refractivity contribution in [1.82, 2.24) is 4.98 Å². The Morgan fingerprint density at radius 2 is 1.97 bits per heavy atom. The van der Waals surface area contributed by atoms with E-state index in [1.165, 1.54) is 36.5 Å². The van der Waals surface area contributed by atoms with Crippen molar-refractivity contribution in [2.24, 2.45) is 5.73 Å². The van der Waals surface area contributed by atoms with E-state index in [1.807, 2.05) is 0 Å². The summed E-state index contributed by atoms with van der Waals surface area (Å²) in [6.45, 7) is 5.18. The number of nitrogens with one attached hydrogen (secondary N) is 2.